The number of H-pyrrole nitrogens is 1. The van der Waals surface area contributed by atoms with Crippen LogP contribution in [0.2, 0.25) is 0 Å². The molecule has 0 saturated heterocycles. The second-order valence-electron chi connectivity index (χ2n) is 3.97. The maximum Gasteiger partial charge on any atom is 0.128 e. The van der Waals surface area contributed by atoms with Gasteiger partial charge >= 0.3 is 0 Å². The van der Waals surface area contributed by atoms with E-state index in [0.29, 0.717) is 5.82 Å². The number of nitriles is 1. The molecule has 0 aliphatic rings. The maximum atomic E-state index is 8.65. The molecular weight excluding hydrogens is 226 g/mol. The fraction of sp³-hybridized carbons (Fsp3) is 0.286. The van der Waals surface area contributed by atoms with Gasteiger partial charge in [0.25, 0.3) is 0 Å². The van der Waals surface area contributed by atoms with Crippen molar-refractivity contribution in [1.29, 1.82) is 5.26 Å². The number of methoxy groups -OCH3 is 1. The van der Waals surface area contributed by atoms with E-state index < -0.39 is 0 Å². The molecule has 2 rings (SSSR count). The van der Waals surface area contributed by atoms with E-state index in [1.54, 1.807) is 13.3 Å². The molecule has 0 fully saturated rings. The van der Waals surface area contributed by atoms with Gasteiger partial charge in [-0.25, -0.2) is 4.98 Å². The van der Waals surface area contributed by atoms with Gasteiger partial charge in [-0.3, -0.25) is 0 Å². The Bertz CT molecular complexity index is 581. The largest absolute Gasteiger partial charge is 0.496 e. The highest BCUT2D eigenvalue weighted by Gasteiger charge is 2.09. The van der Waals surface area contributed by atoms with Gasteiger partial charge in [-0.05, 0) is 24.1 Å². The standard InChI is InChI=1S/C14H15N3O/c1-3-10-4-5-13(18-2)11(8-10)12-9-16-14(17-12)6-7-15/h4-5,8-9H,3,6H2,1-2H3,(H,16,17). The van der Waals surface area contributed by atoms with Crippen LogP contribution in [0.3, 0.4) is 0 Å². The van der Waals surface area contributed by atoms with E-state index in [0.717, 1.165) is 23.4 Å². The number of aromatic nitrogens is 2. The third-order valence-corrected chi connectivity index (χ3v) is 2.84. The number of hydrogen-bond acceptors (Lipinski definition) is 3. The van der Waals surface area contributed by atoms with Crippen LogP contribution in [0.5, 0.6) is 5.75 Å². The molecule has 0 radical (unpaired) electrons. The first-order valence-corrected chi connectivity index (χ1v) is 5.86. The van der Waals surface area contributed by atoms with Crippen molar-refractivity contribution < 1.29 is 4.74 Å². The minimum atomic E-state index is 0.287. The molecule has 1 heterocycles. The number of benzene rings is 1. The highest BCUT2D eigenvalue weighted by Crippen LogP contribution is 2.29. The van der Waals surface area contributed by atoms with Crippen LogP contribution in [0.15, 0.2) is 24.4 Å². The molecular formula is C14H15N3O. The third kappa shape index (κ3) is 2.35. The van der Waals surface area contributed by atoms with Crippen LogP contribution >= 0.6 is 0 Å². The normalized spacial score (nSPS) is 10.1. The van der Waals surface area contributed by atoms with E-state index in [2.05, 4.69) is 35.1 Å². The Morgan fingerprint density at radius 2 is 2.28 bits per heavy atom. The lowest BCUT2D eigenvalue weighted by atomic mass is 10.1. The zero-order valence-corrected chi connectivity index (χ0v) is 10.5. The zero-order chi connectivity index (χ0) is 13.0. The average molecular weight is 241 g/mol. The lowest BCUT2D eigenvalue weighted by molar-refractivity contribution is 0.416. The Morgan fingerprint density at radius 1 is 1.44 bits per heavy atom. The number of imidazole rings is 1. The number of rotatable bonds is 4. The smallest absolute Gasteiger partial charge is 0.128 e. The molecule has 1 aromatic heterocycles. The van der Waals surface area contributed by atoms with Crippen molar-refractivity contribution in [3.05, 3.63) is 35.8 Å². The number of nitrogens with one attached hydrogen (secondary N) is 1. The predicted molar refractivity (Wildman–Crippen MR) is 69.3 cm³/mol. The summed E-state index contributed by atoms with van der Waals surface area (Å²) in [4.78, 5) is 7.32. The Balaban J connectivity index is 2.44. The molecule has 2 aromatic rings. The molecule has 4 heteroatoms. The average Bonchev–Trinajstić information content (AvgIpc) is 2.87. The third-order valence-electron chi connectivity index (χ3n) is 2.84. The van der Waals surface area contributed by atoms with Crippen molar-refractivity contribution in [2.24, 2.45) is 0 Å². The van der Waals surface area contributed by atoms with Crippen LogP contribution in [0.25, 0.3) is 11.3 Å². The van der Waals surface area contributed by atoms with E-state index in [-0.39, 0.29) is 6.42 Å². The summed E-state index contributed by atoms with van der Waals surface area (Å²) < 4.78 is 5.36. The van der Waals surface area contributed by atoms with E-state index in [1.165, 1.54) is 5.56 Å². The molecule has 1 N–H and O–H groups in total. The van der Waals surface area contributed by atoms with Crippen molar-refractivity contribution >= 4 is 0 Å². The Morgan fingerprint density at radius 3 is 2.94 bits per heavy atom. The Kier molecular flexibility index (Phi) is 3.63. The van der Waals surface area contributed by atoms with Crippen LogP contribution in [-0.4, -0.2) is 17.1 Å². The number of nitrogens with zero attached hydrogens (tertiary/aromatic N) is 2. The molecule has 0 aliphatic carbocycles. The highest BCUT2D eigenvalue weighted by molar-refractivity contribution is 5.67. The summed E-state index contributed by atoms with van der Waals surface area (Å²) in [7, 11) is 1.65. The van der Waals surface area contributed by atoms with E-state index >= 15 is 0 Å². The monoisotopic (exact) mass is 241 g/mol. The fourth-order valence-electron chi connectivity index (χ4n) is 1.85. The molecule has 0 unspecified atom stereocenters. The molecule has 0 spiro atoms. The topological polar surface area (TPSA) is 61.7 Å². The first-order chi connectivity index (χ1) is 8.78. The number of ether oxygens (including phenoxy) is 1. The van der Waals surface area contributed by atoms with Crippen molar-refractivity contribution in [2.75, 3.05) is 7.11 Å². The van der Waals surface area contributed by atoms with Gasteiger partial charge in [0.05, 0.1) is 31.5 Å². The van der Waals surface area contributed by atoms with Crippen LogP contribution in [0, 0.1) is 11.3 Å². The van der Waals surface area contributed by atoms with Crippen molar-refractivity contribution in [2.45, 2.75) is 19.8 Å². The van der Waals surface area contributed by atoms with Crippen LogP contribution in [0.1, 0.15) is 18.3 Å². The summed E-state index contributed by atoms with van der Waals surface area (Å²) in [5.74, 6) is 1.48. The van der Waals surface area contributed by atoms with Gasteiger partial charge in [-0.15, -0.1) is 0 Å². The van der Waals surface area contributed by atoms with Gasteiger partial charge < -0.3 is 9.72 Å². The van der Waals surface area contributed by atoms with E-state index in [9.17, 15) is 0 Å². The SMILES string of the molecule is CCc1ccc(OC)c(-c2cnc(CC#N)[nH]2)c1. The summed E-state index contributed by atoms with van der Waals surface area (Å²) in [5, 5.41) is 8.65. The van der Waals surface area contributed by atoms with Gasteiger partial charge in [-0.1, -0.05) is 13.0 Å². The maximum absolute atomic E-state index is 8.65. The second kappa shape index (κ2) is 5.37. The Labute approximate surface area is 106 Å². The molecule has 1 aromatic carbocycles. The Hall–Kier alpha value is -2.28. The van der Waals surface area contributed by atoms with E-state index in [1.807, 2.05) is 6.07 Å². The highest BCUT2D eigenvalue weighted by atomic mass is 16.5. The van der Waals surface area contributed by atoms with Crippen LogP contribution in [-0.2, 0) is 12.8 Å². The van der Waals surface area contributed by atoms with Gasteiger partial charge in [0, 0.05) is 5.56 Å². The van der Waals surface area contributed by atoms with Crippen LogP contribution < -0.4 is 4.74 Å². The fourth-order valence-corrected chi connectivity index (χ4v) is 1.85. The predicted octanol–water partition coefficient (Wildman–Crippen LogP) is 2.71. The summed E-state index contributed by atoms with van der Waals surface area (Å²) in [6.45, 7) is 2.11. The minimum Gasteiger partial charge on any atom is -0.496 e. The molecule has 0 aliphatic heterocycles. The van der Waals surface area contributed by atoms with Crippen molar-refractivity contribution in [1.82, 2.24) is 9.97 Å². The van der Waals surface area contributed by atoms with Gasteiger partial charge in [0.15, 0.2) is 0 Å². The van der Waals surface area contributed by atoms with Crippen molar-refractivity contribution in [3.8, 4) is 23.1 Å². The number of hydrogen-bond donors (Lipinski definition) is 1. The minimum absolute atomic E-state index is 0.287. The molecule has 4 nitrogen and oxygen atoms in total. The molecule has 0 bridgehead atoms. The summed E-state index contributed by atoms with van der Waals surface area (Å²) in [6, 6.07) is 8.17. The first kappa shape index (κ1) is 12.2. The summed E-state index contributed by atoms with van der Waals surface area (Å²) >= 11 is 0. The number of aryl methyl sites for hydroxylation is 1. The zero-order valence-electron chi connectivity index (χ0n) is 10.5. The van der Waals surface area contributed by atoms with Crippen molar-refractivity contribution in [3.63, 3.8) is 0 Å². The molecule has 0 atom stereocenters. The summed E-state index contributed by atoms with van der Waals surface area (Å²) in [5.41, 5.74) is 3.10. The second-order valence-corrected chi connectivity index (χ2v) is 3.97. The lowest BCUT2D eigenvalue weighted by Crippen LogP contribution is -1.91. The van der Waals surface area contributed by atoms with Gasteiger partial charge in [-0.2, -0.15) is 5.26 Å². The van der Waals surface area contributed by atoms with E-state index in [4.69, 9.17) is 10.00 Å². The molecule has 0 saturated carbocycles. The molecule has 92 valence electrons. The number of aromatic amines is 1. The van der Waals surface area contributed by atoms with Gasteiger partial charge in [0.1, 0.15) is 11.6 Å². The quantitative estimate of drug-likeness (QED) is 0.895. The lowest BCUT2D eigenvalue weighted by Gasteiger charge is -2.08. The summed E-state index contributed by atoms with van der Waals surface area (Å²) in [6.07, 6.45) is 3.00. The first-order valence-electron chi connectivity index (χ1n) is 5.86. The van der Waals surface area contributed by atoms with Gasteiger partial charge in [0.2, 0.25) is 0 Å². The molecule has 0 amide bonds. The molecule has 18 heavy (non-hydrogen) atoms. The van der Waals surface area contributed by atoms with Crippen LogP contribution in [0.4, 0.5) is 0 Å².